The molecule has 164 valence electrons. The summed E-state index contributed by atoms with van der Waals surface area (Å²) in [4.78, 5) is 31.7. The second kappa shape index (κ2) is 7.29. The minimum Gasteiger partial charge on any atom is -0.454 e. The highest BCUT2D eigenvalue weighted by Gasteiger charge is 2.55. The van der Waals surface area contributed by atoms with Gasteiger partial charge in [-0.05, 0) is 54.8 Å². The van der Waals surface area contributed by atoms with Gasteiger partial charge in [0.2, 0.25) is 18.6 Å². The van der Waals surface area contributed by atoms with Gasteiger partial charge in [0, 0.05) is 22.8 Å². The molecule has 1 saturated carbocycles. The lowest BCUT2D eigenvalue weighted by Crippen LogP contribution is -2.65. The van der Waals surface area contributed by atoms with Gasteiger partial charge in [0.15, 0.2) is 11.5 Å². The Kier molecular flexibility index (Phi) is 4.38. The van der Waals surface area contributed by atoms with Crippen molar-refractivity contribution in [3.8, 4) is 11.5 Å². The van der Waals surface area contributed by atoms with Crippen LogP contribution in [0.15, 0.2) is 48.7 Å². The Hall–Kier alpha value is -3.48. The molecule has 32 heavy (non-hydrogen) atoms. The van der Waals surface area contributed by atoms with Crippen LogP contribution in [0.2, 0.25) is 0 Å². The molecule has 2 fully saturated rings. The third-order valence-electron chi connectivity index (χ3n) is 7.11. The lowest BCUT2D eigenvalue weighted by Gasteiger charge is -2.54. The summed E-state index contributed by atoms with van der Waals surface area (Å²) in [6, 6.07) is 13.5. The van der Waals surface area contributed by atoms with Crippen molar-refractivity contribution in [3.63, 3.8) is 0 Å². The number of nitrogens with one attached hydrogen (secondary N) is 2. The molecule has 3 aromatic rings. The Bertz CT molecular complexity index is 1210. The van der Waals surface area contributed by atoms with Crippen LogP contribution in [0.3, 0.4) is 0 Å². The first-order valence-electron chi connectivity index (χ1n) is 11.2. The van der Waals surface area contributed by atoms with Crippen molar-refractivity contribution in [1.82, 2.24) is 9.88 Å². The predicted molar refractivity (Wildman–Crippen MR) is 120 cm³/mol. The van der Waals surface area contributed by atoms with Crippen LogP contribution in [-0.2, 0) is 9.59 Å². The van der Waals surface area contributed by atoms with Gasteiger partial charge in [-0.25, -0.2) is 0 Å². The molecule has 0 bridgehead atoms. The van der Waals surface area contributed by atoms with E-state index in [1.807, 2.05) is 53.6 Å². The molecule has 7 nitrogen and oxygen atoms in total. The first-order valence-corrected chi connectivity index (χ1v) is 11.2. The quantitative estimate of drug-likeness (QED) is 0.596. The average Bonchev–Trinajstić information content (AvgIpc) is 3.46. The molecular formula is C25H25N3O4. The molecule has 3 heterocycles. The largest absolute Gasteiger partial charge is 0.454 e. The van der Waals surface area contributed by atoms with Crippen LogP contribution in [-0.4, -0.2) is 34.0 Å². The minimum absolute atomic E-state index is 0.0332. The Morgan fingerprint density at radius 3 is 2.72 bits per heavy atom. The molecule has 1 aliphatic carbocycles. The zero-order chi connectivity index (χ0) is 21.7. The van der Waals surface area contributed by atoms with Crippen molar-refractivity contribution >= 4 is 28.4 Å². The highest BCUT2D eigenvalue weighted by molar-refractivity contribution is 6.03. The molecule has 6 rings (SSSR count). The normalized spacial score (nSPS) is 21.4. The number of carbonyl (C=O) groups excluding carboxylic acids is 2. The van der Waals surface area contributed by atoms with Crippen molar-refractivity contribution < 1.29 is 19.1 Å². The number of β-lactam (4-membered cyclic amide) rings is 1. The number of anilines is 1. The van der Waals surface area contributed by atoms with Crippen molar-refractivity contribution in [1.29, 1.82) is 0 Å². The zero-order valence-electron chi connectivity index (χ0n) is 17.7. The standard InChI is InChI=1S/C25H25N3O4/c29-23-14-20(17-4-7-21-22(13-17)32-15-31-21)28(23)25(9-2-1-3-10-25)24(30)27-18-5-6-19-16(12-18)8-11-26-19/h4-8,11-13,20,26H,1-3,9-10,14-15H2,(H,27,30). The van der Waals surface area contributed by atoms with Gasteiger partial charge < -0.3 is 24.7 Å². The van der Waals surface area contributed by atoms with Crippen molar-refractivity contribution in [3.05, 3.63) is 54.2 Å². The van der Waals surface area contributed by atoms with Crippen LogP contribution in [0.1, 0.15) is 50.1 Å². The van der Waals surface area contributed by atoms with E-state index in [4.69, 9.17) is 9.47 Å². The molecule has 3 aliphatic rings. The second-order valence-electron chi connectivity index (χ2n) is 8.92. The minimum atomic E-state index is -0.832. The monoisotopic (exact) mass is 431 g/mol. The van der Waals surface area contributed by atoms with Gasteiger partial charge in [0.1, 0.15) is 5.54 Å². The fraction of sp³-hybridized carbons (Fsp3) is 0.360. The first-order chi connectivity index (χ1) is 15.6. The molecule has 1 unspecified atom stereocenters. The summed E-state index contributed by atoms with van der Waals surface area (Å²) in [7, 11) is 0. The summed E-state index contributed by atoms with van der Waals surface area (Å²) >= 11 is 0. The number of hydrogen-bond donors (Lipinski definition) is 2. The molecule has 0 spiro atoms. The lowest BCUT2D eigenvalue weighted by atomic mass is 9.74. The fourth-order valence-corrected chi connectivity index (χ4v) is 5.43. The van der Waals surface area contributed by atoms with E-state index in [0.717, 1.165) is 47.2 Å². The molecule has 1 aromatic heterocycles. The molecule has 1 atom stereocenters. The number of carbonyl (C=O) groups is 2. The van der Waals surface area contributed by atoms with Crippen LogP contribution in [0.4, 0.5) is 5.69 Å². The molecule has 1 saturated heterocycles. The average molecular weight is 431 g/mol. The van der Waals surface area contributed by atoms with Gasteiger partial charge in [-0.1, -0.05) is 25.3 Å². The maximum absolute atomic E-state index is 13.8. The number of amides is 2. The summed E-state index contributed by atoms with van der Waals surface area (Å²) in [5.74, 6) is 1.36. The van der Waals surface area contributed by atoms with Crippen LogP contribution < -0.4 is 14.8 Å². The highest BCUT2D eigenvalue weighted by atomic mass is 16.7. The van der Waals surface area contributed by atoms with Gasteiger partial charge >= 0.3 is 0 Å². The van der Waals surface area contributed by atoms with E-state index in [-0.39, 0.29) is 24.6 Å². The first kappa shape index (κ1) is 19.2. The molecule has 2 amide bonds. The van der Waals surface area contributed by atoms with Gasteiger partial charge in [-0.2, -0.15) is 0 Å². The SMILES string of the molecule is O=C1CC(c2ccc3c(c2)OCO3)N1C1(C(=O)Nc2ccc3[nH]ccc3c2)CCCCC1. The van der Waals surface area contributed by atoms with Crippen LogP contribution in [0.5, 0.6) is 11.5 Å². The summed E-state index contributed by atoms with van der Waals surface area (Å²) in [6.07, 6.45) is 6.60. The van der Waals surface area contributed by atoms with Crippen LogP contribution in [0.25, 0.3) is 10.9 Å². The number of benzene rings is 2. The molecule has 7 heteroatoms. The van der Waals surface area contributed by atoms with Gasteiger partial charge in [0.05, 0.1) is 12.5 Å². The molecule has 2 aliphatic heterocycles. The van der Waals surface area contributed by atoms with Crippen molar-refractivity contribution in [2.45, 2.75) is 50.1 Å². The maximum atomic E-state index is 13.8. The molecule has 2 N–H and O–H groups in total. The third kappa shape index (κ3) is 2.95. The van der Waals surface area contributed by atoms with Crippen molar-refractivity contribution in [2.75, 3.05) is 12.1 Å². The Morgan fingerprint density at radius 1 is 1.03 bits per heavy atom. The Balaban J connectivity index is 1.32. The predicted octanol–water partition coefficient (Wildman–Crippen LogP) is 4.51. The highest BCUT2D eigenvalue weighted by Crippen LogP contribution is 2.48. The summed E-state index contributed by atoms with van der Waals surface area (Å²) < 4.78 is 11.0. The summed E-state index contributed by atoms with van der Waals surface area (Å²) in [5, 5.41) is 4.17. The van der Waals surface area contributed by atoms with E-state index in [0.29, 0.717) is 25.0 Å². The van der Waals surface area contributed by atoms with Crippen LogP contribution >= 0.6 is 0 Å². The van der Waals surface area contributed by atoms with E-state index >= 15 is 0 Å². The number of likely N-dealkylation sites (tertiary alicyclic amines) is 1. The topological polar surface area (TPSA) is 83.7 Å². The maximum Gasteiger partial charge on any atom is 0.250 e. The van der Waals surface area contributed by atoms with Gasteiger partial charge in [0.25, 0.3) is 0 Å². The number of aromatic amines is 1. The smallest absolute Gasteiger partial charge is 0.250 e. The number of fused-ring (bicyclic) bond motifs is 2. The fourth-order valence-electron chi connectivity index (χ4n) is 5.43. The van der Waals surface area contributed by atoms with E-state index < -0.39 is 5.54 Å². The third-order valence-corrected chi connectivity index (χ3v) is 7.11. The summed E-state index contributed by atoms with van der Waals surface area (Å²) in [5.41, 5.74) is 1.93. The van der Waals surface area contributed by atoms with Gasteiger partial charge in [-0.3, -0.25) is 9.59 Å². The Morgan fingerprint density at radius 2 is 1.88 bits per heavy atom. The number of ether oxygens (including phenoxy) is 2. The number of nitrogens with zero attached hydrogens (tertiary/aromatic N) is 1. The molecule has 0 radical (unpaired) electrons. The Labute approximate surface area is 185 Å². The van der Waals surface area contributed by atoms with Crippen molar-refractivity contribution in [2.24, 2.45) is 0 Å². The van der Waals surface area contributed by atoms with Crippen LogP contribution in [0, 0.1) is 0 Å². The number of rotatable bonds is 4. The van der Waals surface area contributed by atoms with E-state index in [1.165, 1.54) is 0 Å². The number of aromatic nitrogens is 1. The van der Waals surface area contributed by atoms with E-state index in [2.05, 4.69) is 10.3 Å². The number of hydrogen-bond acceptors (Lipinski definition) is 4. The second-order valence-corrected chi connectivity index (χ2v) is 8.92. The van der Waals surface area contributed by atoms with E-state index in [9.17, 15) is 9.59 Å². The summed E-state index contributed by atoms with van der Waals surface area (Å²) in [6.45, 7) is 0.212. The zero-order valence-corrected chi connectivity index (χ0v) is 17.7. The number of H-pyrrole nitrogens is 1. The van der Waals surface area contributed by atoms with E-state index in [1.54, 1.807) is 0 Å². The molecule has 2 aromatic carbocycles. The van der Waals surface area contributed by atoms with Gasteiger partial charge in [-0.15, -0.1) is 0 Å². The molecular weight excluding hydrogens is 406 g/mol. The lowest BCUT2D eigenvalue weighted by molar-refractivity contribution is -0.166.